The highest BCUT2D eigenvalue weighted by molar-refractivity contribution is 5.94. The highest BCUT2D eigenvalue weighted by Crippen LogP contribution is 2.36. The smallest absolute Gasteiger partial charge is 0.227 e. The number of aryl methyl sites for hydroxylation is 1. The number of ether oxygens (including phenoxy) is 1. The number of anilines is 1. The number of fused-ring (bicyclic) bond motifs is 1. The van der Waals surface area contributed by atoms with E-state index >= 15 is 0 Å². The van der Waals surface area contributed by atoms with Crippen molar-refractivity contribution in [1.29, 1.82) is 0 Å². The van der Waals surface area contributed by atoms with Crippen molar-refractivity contribution in [3.05, 3.63) is 59.7 Å². The molecule has 0 aromatic heterocycles. The minimum Gasteiger partial charge on any atom is -0.495 e. The fourth-order valence-electron chi connectivity index (χ4n) is 4.56. The van der Waals surface area contributed by atoms with Crippen molar-refractivity contribution >= 4 is 11.6 Å². The number of nitrogens with one attached hydrogen (secondary N) is 1. The molecular weight excluding hydrogens is 336 g/mol. The first-order chi connectivity index (χ1) is 13.3. The van der Waals surface area contributed by atoms with E-state index in [4.69, 9.17) is 4.74 Å². The first kappa shape index (κ1) is 18.1. The van der Waals surface area contributed by atoms with Gasteiger partial charge in [0.15, 0.2) is 0 Å². The number of methoxy groups -OCH3 is 1. The third-order valence-corrected chi connectivity index (χ3v) is 6.04. The number of para-hydroxylation sites is 2. The van der Waals surface area contributed by atoms with E-state index in [1.165, 1.54) is 30.4 Å². The molecule has 1 N–H and O–H groups in total. The predicted molar refractivity (Wildman–Crippen MR) is 108 cm³/mol. The molecule has 1 atom stereocenters. The van der Waals surface area contributed by atoms with E-state index in [-0.39, 0.29) is 11.8 Å². The van der Waals surface area contributed by atoms with Crippen LogP contribution in [-0.2, 0) is 11.2 Å². The molecule has 4 rings (SSSR count). The molecule has 2 aromatic carbocycles. The van der Waals surface area contributed by atoms with Gasteiger partial charge in [0.2, 0.25) is 5.91 Å². The van der Waals surface area contributed by atoms with E-state index in [0.717, 1.165) is 31.6 Å². The number of carbonyl (C=O) groups is 1. The van der Waals surface area contributed by atoms with Gasteiger partial charge in [0.1, 0.15) is 5.75 Å². The predicted octanol–water partition coefficient (Wildman–Crippen LogP) is 4.42. The molecular formula is C23H28N2O2. The van der Waals surface area contributed by atoms with Crippen LogP contribution in [0.1, 0.15) is 42.9 Å². The lowest BCUT2D eigenvalue weighted by Crippen LogP contribution is -2.41. The summed E-state index contributed by atoms with van der Waals surface area (Å²) in [5, 5.41) is 3.06. The Balaban J connectivity index is 1.37. The SMILES string of the molecule is COc1ccccc1NC(=O)C1CCN([C@H]2CCCc3ccccc32)CC1. The number of rotatable bonds is 4. The van der Waals surface area contributed by atoms with Crippen LogP contribution in [-0.4, -0.2) is 31.0 Å². The van der Waals surface area contributed by atoms with Crippen LogP contribution in [0.15, 0.2) is 48.5 Å². The molecule has 0 saturated carbocycles. The Kier molecular flexibility index (Phi) is 5.44. The maximum absolute atomic E-state index is 12.7. The first-order valence-corrected chi connectivity index (χ1v) is 10.0. The van der Waals surface area contributed by atoms with Crippen LogP contribution in [0.5, 0.6) is 5.75 Å². The van der Waals surface area contributed by atoms with E-state index < -0.39 is 0 Å². The molecule has 0 spiro atoms. The van der Waals surface area contributed by atoms with Gasteiger partial charge in [-0.2, -0.15) is 0 Å². The van der Waals surface area contributed by atoms with Crippen molar-refractivity contribution in [2.24, 2.45) is 5.92 Å². The summed E-state index contributed by atoms with van der Waals surface area (Å²) in [6, 6.07) is 17.0. The standard InChI is InChI=1S/C23H28N2O2/c1-27-22-12-5-4-10-20(22)24-23(26)18-13-15-25(16-14-18)21-11-6-8-17-7-2-3-9-19(17)21/h2-5,7,9-10,12,18,21H,6,8,11,13-16H2,1H3,(H,24,26)/t21-/m0/s1. The van der Waals surface area contributed by atoms with Crippen LogP contribution in [0, 0.1) is 5.92 Å². The van der Waals surface area contributed by atoms with Crippen molar-refractivity contribution in [1.82, 2.24) is 4.90 Å². The Morgan fingerprint density at radius 2 is 1.78 bits per heavy atom. The number of carbonyl (C=O) groups excluding carboxylic acids is 1. The molecule has 1 aliphatic heterocycles. The number of nitrogens with zero attached hydrogens (tertiary/aromatic N) is 1. The zero-order valence-electron chi connectivity index (χ0n) is 16.0. The molecule has 1 fully saturated rings. The van der Waals surface area contributed by atoms with Crippen LogP contribution in [0.25, 0.3) is 0 Å². The van der Waals surface area contributed by atoms with Gasteiger partial charge in [-0.05, 0) is 68.5 Å². The van der Waals surface area contributed by atoms with Crippen LogP contribution in [0.2, 0.25) is 0 Å². The summed E-state index contributed by atoms with van der Waals surface area (Å²) in [6.45, 7) is 1.98. The summed E-state index contributed by atoms with van der Waals surface area (Å²) < 4.78 is 5.34. The van der Waals surface area contributed by atoms with E-state index in [1.54, 1.807) is 7.11 Å². The van der Waals surface area contributed by atoms with Crippen LogP contribution >= 0.6 is 0 Å². The minimum atomic E-state index is 0.0741. The maximum Gasteiger partial charge on any atom is 0.227 e. The molecule has 0 bridgehead atoms. The monoisotopic (exact) mass is 364 g/mol. The number of benzene rings is 2. The molecule has 1 amide bonds. The Labute approximate surface area is 161 Å². The molecule has 2 aromatic rings. The molecule has 1 heterocycles. The van der Waals surface area contributed by atoms with E-state index in [1.807, 2.05) is 24.3 Å². The third-order valence-electron chi connectivity index (χ3n) is 6.04. The number of hydrogen-bond acceptors (Lipinski definition) is 3. The number of amides is 1. The Hall–Kier alpha value is -2.33. The summed E-state index contributed by atoms with van der Waals surface area (Å²) in [4.78, 5) is 15.3. The average Bonchev–Trinajstić information content (AvgIpc) is 2.74. The Morgan fingerprint density at radius 3 is 2.59 bits per heavy atom. The highest BCUT2D eigenvalue weighted by atomic mass is 16.5. The largest absolute Gasteiger partial charge is 0.495 e. The number of piperidine rings is 1. The van der Waals surface area contributed by atoms with Gasteiger partial charge in [0, 0.05) is 12.0 Å². The zero-order chi connectivity index (χ0) is 18.6. The molecule has 27 heavy (non-hydrogen) atoms. The van der Waals surface area contributed by atoms with Gasteiger partial charge in [-0.3, -0.25) is 9.69 Å². The normalized spacial score (nSPS) is 20.7. The van der Waals surface area contributed by atoms with E-state index in [9.17, 15) is 4.79 Å². The molecule has 4 heteroatoms. The molecule has 0 unspecified atom stereocenters. The second kappa shape index (κ2) is 8.13. The van der Waals surface area contributed by atoms with Gasteiger partial charge in [-0.15, -0.1) is 0 Å². The zero-order valence-corrected chi connectivity index (χ0v) is 16.0. The summed E-state index contributed by atoms with van der Waals surface area (Å²) in [5.41, 5.74) is 3.76. The highest BCUT2D eigenvalue weighted by Gasteiger charge is 2.31. The second-order valence-corrected chi connectivity index (χ2v) is 7.61. The Bertz CT molecular complexity index is 796. The van der Waals surface area contributed by atoms with Crippen molar-refractivity contribution < 1.29 is 9.53 Å². The van der Waals surface area contributed by atoms with Crippen LogP contribution in [0.4, 0.5) is 5.69 Å². The second-order valence-electron chi connectivity index (χ2n) is 7.61. The molecule has 0 radical (unpaired) electrons. The number of hydrogen-bond donors (Lipinski definition) is 1. The van der Waals surface area contributed by atoms with Gasteiger partial charge >= 0.3 is 0 Å². The van der Waals surface area contributed by atoms with Crippen molar-refractivity contribution in [2.75, 3.05) is 25.5 Å². The van der Waals surface area contributed by atoms with Gasteiger partial charge in [-0.1, -0.05) is 36.4 Å². The molecule has 1 aliphatic carbocycles. The molecule has 142 valence electrons. The fourth-order valence-corrected chi connectivity index (χ4v) is 4.56. The number of likely N-dealkylation sites (tertiary alicyclic amines) is 1. The third kappa shape index (κ3) is 3.86. The van der Waals surface area contributed by atoms with Gasteiger partial charge in [0.25, 0.3) is 0 Å². The Morgan fingerprint density at radius 1 is 1.04 bits per heavy atom. The van der Waals surface area contributed by atoms with E-state index in [2.05, 4.69) is 34.5 Å². The summed E-state index contributed by atoms with van der Waals surface area (Å²) in [6.07, 6.45) is 5.52. The first-order valence-electron chi connectivity index (χ1n) is 10.0. The minimum absolute atomic E-state index is 0.0741. The van der Waals surface area contributed by atoms with Crippen molar-refractivity contribution in [2.45, 2.75) is 38.1 Å². The van der Waals surface area contributed by atoms with Crippen molar-refractivity contribution in [3.63, 3.8) is 0 Å². The van der Waals surface area contributed by atoms with Gasteiger partial charge < -0.3 is 10.1 Å². The maximum atomic E-state index is 12.7. The van der Waals surface area contributed by atoms with E-state index in [0.29, 0.717) is 11.8 Å². The summed E-state index contributed by atoms with van der Waals surface area (Å²) >= 11 is 0. The topological polar surface area (TPSA) is 41.6 Å². The molecule has 1 saturated heterocycles. The lowest BCUT2D eigenvalue weighted by molar-refractivity contribution is -0.121. The lowest BCUT2D eigenvalue weighted by atomic mass is 9.85. The van der Waals surface area contributed by atoms with Crippen LogP contribution in [0.3, 0.4) is 0 Å². The summed E-state index contributed by atoms with van der Waals surface area (Å²) in [5.74, 6) is 0.898. The fraction of sp³-hybridized carbons (Fsp3) is 0.435. The van der Waals surface area contributed by atoms with Crippen LogP contribution < -0.4 is 10.1 Å². The van der Waals surface area contributed by atoms with Gasteiger partial charge in [-0.25, -0.2) is 0 Å². The quantitative estimate of drug-likeness (QED) is 0.873. The summed E-state index contributed by atoms with van der Waals surface area (Å²) in [7, 11) is 1.63. The lowest BCUT2D eigenvalue weighted by Gasteiger charge is -2.40. The molecule has 2 aliphatic rings. The van der Waals surface area contributed by atoms with Gasteiger partial charge in [0.05, 0.1) is 12.8 Å². The van der Waals surface area contributed by atoms with Crippen molar-refractivity contribution in [3.8, 4) is 5.75 Å². The molecule has 4 nitrogen and oxygen atoms in total. The average molecular weight is 364 g/mol.